The number of hydrogen-bond donors (Lipinski definition) is 2. The Morgan fingerprint density at radius 1 is 1.12 bits per heavy atom. The Morgan fingerprint density at radius 2 is 1.94 bits per heavy atom. The van der Waals surface area contributed by atoms with Crippen molar-refractivity contribution in [2.24, 2.45) is 5.10 Å². The Kier molecular flexibility index (Phi) is 7.54. The molecule has 0 atom stereocenters. The summed E-state index contributed by atoms with van der Waals surface area (Å²) in [6, 6.07) is 11.7. The molecule has 0 unspecified atom stereocenters. The Bertz CT molecular complexity index is 1160. The standard InChI is InChI=1S/C20H18N4O7S/c1-28-19(26)23-18-22-14-8-7-13(9-16(14)32-18)30-11-17(25)24-21-10-12-5-3-4-6-15(12)31-20(27)29-2/h3-10H,11H2,1-2H3,(H,24,25)(H,22,23,26)/b21-10+. The highest BCUT2D eigenvalue weighted by Gasteiger charge is 2.10. The van der Waals surface area contributed by atoms with Crippen molar-refractivity contribution in [1.29, 1.82) is 0 Å². The fraction of sp³-hybridized carbons (Fsp3) is 0.150. The maximum Gasteiger partial charge on any atom is 0.513 e. The molecule has 3 aromatic rings. The minimum absolute atomic E-state index is 0.229. The molecule has 0 saturated carbocycles. The van der Waals surface area contributed by atoms with Crippen LogP contribution in [0.15, 0.2) is 47.6 Å². The van der Waals surface area contributed by atoms with Crippen molar-refractivity contribution in [1.82, 2.24) is 10.4 Å². The van der Waals surface area contributed by atoms with Crippen LogP contribution >= 0.6 is 11.3 Å². The van der Waals surface area contributed by atoms with E-state index in [0.717, 1.165) is 4.70 Å². The van der Waals surface area contributed by atoms with Gasteiger partial charge in [-0.3, -0.25) is 10.1 Å². The van der Waals surface area contributed by atoms with Crippen LogP contribution in [-0.2, 0) is 14.3 Å². The van der Waals surface area contributed by atoms with Crippen LogP contribution in [0.1, 0.15) is 5.56 Å². The topological polar surface area (TPSA) is 137 Å². The van der Waals surface area contributed by atoms with Crippen LogP contribution in [0.25, 0.3) is 10.2 Å². The number of methoxy groups -OCH3 is 2. The third kappa shape index (κ3) is 6.15. The van der Waals surface area contributed by atoms with E-state index in [4.69, 9.17) is 9.47 Å². The minimum atomic E-state index is -0.866. The van der Waals surface area contributed by atoms with E-state index in [9.17, 15) is 14.4 Å². The summed E-state index contributed by atoms with van der Waals surface area (Å²) in [5.41, 5.74) is 3.45. The maximum absolute atomic E-state index is 12.0. The smallest absolute Gasteiger partial charge is 0.484 e. The van der Waals surface area contributed by atoms with E-state index >= 15 is 0 Å². The van der Waals surface area contributed by atoms with Crippen LogP contribution in [0.2, 0.25) is 0 Å². The van der Waals surface area contributed by atoms with Crippen LogP contribution in [0.4, 0.5) is 14.7 Å². The normalized spacial score (nSPS) is 10.6. The number of nitrogens with zero attached hydrogens (tertiary/aromatic N) is 2. The molecule has 2 amide bonds. The summed E-state index contributed by atoms with van der Waals surface area (Å²) in [7, 11) is 2.46. The number of carbonyl (C=O) groups is 3. The Hall–Kier alpha value is -4.19. The third-order valence-corrected chi connectivity index (χ3v) is 4.73. The SMILES string of the molecule is COC(=O)Nc1nc2ccc(OCC(=O)N/N=C/c3ccccc3OC(=O)OC)cc2s1. The van der Waals surface area contributed by atoms with E-state index in [1.165, 1.54) is 31.8 Å². The average Bonchev–Trinajstić information content (AvgIpc) is 3.20. The van der Waals surface area contributed by atoms with Crippen molar-refractivity contribution in [2.45, 2.75) is 0 Å². The van der Waals surface area contributed by atoms with Gasteiger partial charge in [-0.2, -0.15) is 5.10 Å². The molecule has 0 saturated heterocycles. The quantitative estimate of drug-likeness (QED) is 0.238. The van der Waals surface area contributed by atoms with E-state index in [0.29, 0.717) is 22.0 Å². The molecular weight excluding hydrogens is 440 g/mol. The van der Waals surface area contributed by atoms with E-state index in [-0.39, 0.29) is 12.4 Å². The minimum Gasteiger partial charge on any atom is -0.484 e. The van der Waals surface area contributed by atoms with Gasteiger partial charge in [-0.1, -0.05) is 23.5 Å². The number of rotatable bonds is 7. The predicted octanol–water partition coefficient (Wildman–Crippen LogP) is 3.15. The molecule has 3 rings (SSSR count). The fourth-order valence-corrected chi connectivity index (χ4v) is 3.23. The van der Waals surface area contributed by atoms with Gasteiger partial charge >= 0.3 is 12.2 Å². The highest BCUT2D eigenvalue weighted by atomic mass is 32.1. The first-order chi connectivity index (χ1) is 15.5. The number of carbonyl (C=O) groups excluding carboxylic acids is 3. The molecule has 2 aromatic carbocycles. The number of fused-ring (bicyclic) bond motifs is 1. The Balaban J connectivity index is 1.54. The van der Waals surface area contributed by atoms with Crippen molar-refractivity contribution in [3.8, 4) is 11.5 Å². The lowest BCUT2D eigenvalue weighted by Crippen LogP contribution is -2.24. The molecule has 0 radical (unpaired) electrons. The number of para-hydroxylation sites is 1. The number of amides is 2. The van der Waals surface area contributed by atoms with Crippen molar-refractivity contribution >= 4 is 51.1 Å². The van der Waals surface area contributed by atoms with E-state index < -0.39 is 18.2 Å². The second-order valence-corrected chi connectivity index (χ2v) is 6.97. The van der Waals surface area contributed by atoms with Gasteiger partial charge in [0.1, 0.15) is 11.5 Å². The highest BCUT2D eigenvalue weighted by molar-refractivity contribution is 7.22. The maximum atomic E-state index is 12.0. The monoisotopic (exact) mass is 458 g/mol. The van der Waals surface area contributed by atoms with Gasteiger partial charge in [-0.15, -0.1) is 0 Å². The first-order valence-electron chi connectivity index (χ1n) is 9.03. The number of nitrogens with one attached hydrogen (secondary N) is 2. The van der Waals surface area contributed by atoms with Crippen molar-refractivity contribution in [2.75, 3.05) is 26.1 Å². The lowest BCUT2D eigenvalue weighted by atomic mass is 10.2. The van der Waals surface area contributed by atoms with E-state index in [1.54, 1.807) is 42.5 Å². The van der Waals surface area contributed by atoms with Crippen molar-refractivity contribution in [3.63, 3.8) is 0 Å². The summed E-state index contributed by atoms with van der Waals surface area (Å²) in [5, 5.41) is 6.72. The number of thiazole rings is 1. The summed E-state index contributed by atoms with van der Waals surface area (Å²) in [6.45, 7) is -0.283. The number of benzene rings is 2. The lowest BCUT2D eigenvalue weighted by Gasteiger charge is -2.06. The Morgan fingerprint density at radius 3 is 2.72 bits per heavy atom. The Labute approximate surface area is 185 Å². The van der Waals surface area contributed by atoms with Crippen LogP contribution in [0.5, 0.6) is 11.5 Å². The molecular formula is C20H18N4O7S. The molecule has 0 aliphatic rings. The number of hydrogen-bond acceptors (Lipinski definition) is 10. The average molecular weight is 458 g/mol. The van der Waals surface area contributed by atoms with E-state index in [2.05, 4.69) is 30.3 Å². The van der Waals surface area contributed by atoms with Crippen LogP contribution in [0.3, 0.4) is 0 Å². The summed E-state index contributed by atoms with van der Waals surface area (Å²) in [6.07, 6.45) is -0.151. The number of aromatic nitrogens is 1. The summed E-state index contributed by atoms with van der Waals surface area (Å²) < 4.78 is 20.2. The molecule has 0 bridgehead atoms. The lowest BCUT2D eigenvalue weighted by molar-refractivity contribution is -0.123. The van der Waals surface area contributed by atoms with Crippen molar-refractivity contribution in [3.05, 3.63) is 48.0 Å². The molecule has 2 N–H and O–H groups in total. The number of hydrazone groups is 1. The van der Waals surface area contributed by atoms with Gasteiger partial charge in [-0.25, -0.2) is 20.0 Å². The molecule has 0 fully saturated rings. The molecule has 32 heavy (non-hydrogen) atoms. The number of ether oxygens (including phenoxy) is 4. The molecule has 166 valence electrons. The van der Waals surface area contributed by atoms with Gasteiger partial charge in [0.25, 0.3) is 5.91 Å². The third-order valence-electron chi connectivity index (χ3n) is 3.80. The predicted molar refractivity (Wildman–Crippen MR) is 116 cm³/mol. The molecule has 0 spiro atoms. The second-order valence-electron chi connectivity index (χ2n) is 5.94. The van der Waals surface area contributed by atoms with Gasteiger partial charge in [-0.05, 0) is 30.3 Å². The largest absolute Gasteiger partial charge is 0.513 e. The molecule has 1 aromatic heterocycles. The van der Waals surface area contributed by atoms with Gasteiger partial charge in [0.05, 0.1) is 30.7 Å². The van der Waals surface area contributed by atoms with Crippen molar-refractivity contribution < 1.29 is 33.3 Å². The van der Waals surface area contributed by atoms with Crippen LogP contribution in [-0.4, -0.2) is 50.2 Å². The molecule has 0 aliphatic carbocycles. The summed E-state index contributed by atoms with van der Waals surface area (Å²) in [5.74, 6) is 0.180. The zero-order valence-corrected chi connectivity index (χ0v) is 17.8. The summed E-state index contributed by atoms with van der Waals surface area (Å²) in [4.78, 5) is 38.8. The van der Waals surface area contributed by atoms with Crippen LogP contribution < -0.4 is 20.2 Å². The molecule has 12 heteroatoms. The van der Waals surface area contributed by atoms with Gasteiger partial charge in [0.2, 0.25) is 0 Å². The number of anilines is 1. The summed E-state index contributed by atoms with van der Waals surface area (Å²) >= 11 is 1.24. The second kappa shape index (κ2) is 10.7. The molecule has 0 aliphatic heterocycles. The first-order valence-corrected chi connectivity index (χ1v) is 9.85. The fourth-order valence-electron chi connectivity index (χ4n) is 2.35. The zero-order valence-electron chi connectivity index (χ0n) is 17.0. The van der Waals surface area contributed by atoms with Crippen LogP contribution in [0, 0.1) is 0 Å². The zero-order chi connectivity index (χ0) is 22.9. The first kappa shape index (κ1) is 22.5. The highest BCUT2D eigenvalue weighted by Crippen LogP contribution is 2.29. The molecule has 1 heterocycles. The van der Waals surface area contributed by atoms with Gasteiger partial charge < -0.3 is 18.9 Å². The van der Waals surface area contributed by atoms with Gasteiger partial charge in [0.15, 0.2) is 11.7 Å². The van der Waals surface area contributed by atoms with Gasteiger partial charge in [0, 0.05) is 5.56 Å². The molecule has 11 nitrogen and oxygen atoms in total. The van der Waals surface area contributed by atoms with E-state index in [1.807, 2.05) is 0 Å².